The van der Waals surface area contributed by atoms with Gasteiger partial charge in [-0.1, -0.05) is 17.8 Å². The minimum atomic E-state index is 0.742. The molecule has 1 saturated heterocycles. The van der Waals surface area contributed by atoms with Gasteiger partial charge in [-0.05, 0) is 62.1 Å². The molecular formula is C22H33N5OS. The monoisotopic (exact) mass is 415 g/mol. The summed E-state index contributed by atoms with van der Waals surface area (Å²) in [5.74, 6) is 0. The molecule has 7 heteroatoms. The Hall–Kier alpha value is -2.12. The van der Waals surface area contributed by atoms with Crippen molar-refractivity contribution in [2.24, 2.45) is 10.1 Å². The van der Waals surface area contributed by atoms with Crippen molar-refractivity contribution in [3.05, 3.63) is 40.3 Å². The number of rotatable bonds is 8. The average Bonchev–Trinajstić information content (AvgIpc) is 2.70. The number of nitrogens with zero attached hydrogens (tertiary/aromatic N) is 5. The first-order valence-electron chi connectivity index (χ1n) is 10.1. The van der Waals surface area contributed by atoms with E-state index < -0.39 is 0 Å². The lowest BCUT2D eigenvalue weighted by Gasteiger charge is -2.30. The molecule has 0 radical (unpaired) electrons. The molecule has 1 aromatic rings. The number of aldehydes is 1. The molecule has 29 heavy (non-hydrogen) atoms. The Morgan fingerprint density at radius 3 is 2.59 bits per heavy atom. The molecule has 0 aliphatic carbocycles. The standard InChI is InChI=1S/C22H33N5OS/c1-6-25(4)17-23-21-15-18(2)20(14-19(21)3)16-22(29-13-7-12-28)24-27-10-8-26(5)9-11-27/h7,12-15,17H,6,8-11,16H2,1-5H3/b13-7+,23-17?,24-22-. The summed E-state index contributed by atoms with van der Waals surface area (Å²) in [7, 11) is 4.16. The van der Waals surface area contributed by atoms with Crippen molar-refractivity contribution in [1.29, 1.82) is 0 Å². The fourth-order valence-corrected chi connectivity index (χ4v) is 3.60. The first-order valence-corrected chi connectivity index (χ1v) is 10.9. The Bertz CT molecular complexity index is 767. The van der Waals surface area contributed by atoms with Crippen LogP contribution < -0.4 is 0 Å². The van der Waals surface area contributed by atoms with E-state index in [1.54, 1.807) is 0 Å². The smallest absolute Gasteiger partial charge is 0.143 e. The van der Waals surface area contributed by atoms with Crippen LogP contribution in [0.5, 0.6) is 0 Å². The summed E-state index contributed by atoms with van der Waals surface area (Å²) in [5.41, 5.74) is 4.59. The van der Waals surface area contributed by atoms with Crippen molar-refractivity contribution in [3.63, 3.8) is 0 Å². The van der Waals surface area contributed by atoms with Crippen LogP contribution in [-0.4, -0.2) is 79.3 Å². The summed E-state index contributed by atoms with van der Waals surface area (Å²) in [4.78, 5) is 19.7. The first kappa shape index (κ1) is 23.2. The van der Waals surface area contributed by atoms with E-state index in [2.05, 4.69) is 59.8 Å². The van der Waals surface area contributed by atoms with Crippen molar-refractivity contribution in [2.75, 3.05) is 46.8 Å². The van der Waals surface area contributed by atoms with Gasteiger partial charge in [-0.25, -0.2) is 4.99 Å². The van der Waals surface area contributed by atoms with Gasteiger partial charge in [-0.3, -0.25) is 9.80 Å². The zero-order valence-corrected chi connectivity index (χ0v) is 19.1. The van der Waals surface area contributed by atoms with Crippen molar-refractivity contribution < 1.29 is 4.79 Å². The SMILES string of the molecule is CCN(C)C=Nc1cc(C)c(C/C(=N/N2CCN(C)CC2)S/C=C/C=O)cc1C. The van der Waals surface area contributed by atoms with Crippen LogP contribution in [0.3, 0.4) is 0 Å². The summed E-state index contributed by atoms with van der Waals surface area (Å²) in [6, 6.07) is 4.35. The number of carbonyl (C=O) groups is 1. The van der Waals surface area contributed by atoms with Crippen LogP contribution in [0.15, 0.2) is 33.7 Å². The number of allylic oxidation sites excluding steroid dienone is 1. The van der Waals surface area contributed by atoms with Crippen LogP contribution in [0.4, 0.5) is 5.69 Å². The zero-order valence-electron chi connectivity index (χ0n) is 18.3. The van der Waals surface area contributed by atoms with E-state index in [4.69, 9.17) is 5.10 Å². The summed E-state index contributed by atoms with van der Waals surface area (Å²) < 4.78 is 0. The molecule has 1 heterocycles. The molecule has 0 aromatic heterocycles. The number of carbonyl (C=O) groups excluding carboxylic acids is 1. The van der Waals surface area contributed by atoms with Crippen LogP contribution in [0.2, 0.25) is 0 Å². The van der Waals surface area contributed by atoms with Crippen molar-refractivity contribution in [3.8, 4) is 0 Å². The Labute approximate surface area is 179 Å². The highest BCUT2D eigenvalue weighted by Crippen LogP contribution is 2.25. The number of piperazine rings is 1. The zero-order chi connectivity index (χ0) is 21.2. The Kier molecular flexibility index (Phi) is 9.41. The van der Waals surface area contributed by atoms with Gasteiger partial charge in [-0.2, -0.15) is 5.10 Å². The molecule has 0 unspecified atom stereocenters. The van der Waals surface area contributed by atoms with E-state index >= 15 is 0 Å². The molecule has 6 nitrogen and oxygen atoms in total. The molecule has 0 atom stereocenters. The number of thioether (sulfide) groups is 1. The topological polar surface area (TPSA) is 51.5 Å². The van der Waals surface area contributed by atoms with E-state index in [0.29, 0.717) is 0 Å². The van der Waals surface area contributed by atoms with E-state index in [0.717, 1.165) is 61.7 Å². The van der Waals surface area contributed by atoms with Gasteiger partial charge < -0.3 is 9.80 Å². The predicted octanol–water partition coefficient (Wildman–Crippen LogP) is 3.46. The second-order valence-corrected chi connectivity index (χ2v) is 8.37. The number of benzene rings is 1. The molecule has 0 spiro atoms. The van der Waals surface area contributed by atoms with Gasteiger partial charge in [0.05, 0.1) is 12.0 Å². The first-order chi connectivity index (χ1) is 13.9. The van der Waals surface area contributed by atoms with Crippen LogP contribution in [-0.2, 0) is 11.2 Å². The van der Waals surface area contributed by atoms with Gasteiger partial charge in [0.15, 0.2) is 0 Å². The summed E-state index contributed by atoms with van der Waals surface area (Å²) in [6.45, 7) is 11.1. The maximum atomic E-state index is 10.7. The van der Waals surface area contributed by atoms with Crippen molar-refractivity contribution in [1.82, 2.24) is 14.8 Å². The number of aliphatic imine (C=N–C) groups is 1. The number of hydrogen-bond acceptors (Lipinski definition) is 6. The number of aryl methyl sites for hydroxylation is 2. The molecule has 1 fully saturated rings. The third-order valence-corrected chi connectivity index (χ3v) is 5.77. The van der Waals surface area contributed by atoms with Gasteiger partial charge in [0.1, 0.15) is 11.3 Å². The molecular weight excluding hydrogens is 382 g/mol. The highest BCUT2D eigenvalue weighted by Gasteiger charge is 2.14. The van der Waals surface area contributed by atoms with Crippen LogP contribution in [0, 0.1) is 13.8 Å². The Morgan fingerprint density at radius 1 is 1.21 bits per heavy atom. The average molecular weight is 416 g/mol. The molecule has 1 aliphatic rings. The van der Waals surface area contributed by atoms with Gasteiger partial charge in [-0.15, -0.1) is 0 Å². The quantitative estimate of drug-likeness (QED) is 0.282. The Morgan fingerprint density at radius 2 is 1.93 bits per heavy atom. The summed E-state index contributed by atoms with van der Waals surface area (Å²) >= 11 is 1.52. The lowest BCUT2D eigenvalue weighted by molar-refractivity contribution is -0.104. The number of hydrogen-bond donors (Lipinski definition) is 0. The minimum absolute atomic E-state index is 0.742. The highest BCUT2D eigenvalue weighted by molar-refractivity contribution is 8.16. The third-order valence-electron chi connectivity index (χ3n) is 4.98. The molecule has 1 aromatic carbocycles. The number of hydrazone groups is 1. The molecule has 0 amide bonds. The second-order valence-electron chi connectivity index (χ2n) is 7.39. The fourth-order valence-electron chi connectivity index (χ4n) is 2.90. The van der Waals surface area contributed by atoms with Gasteiger partial charge >= 0.3 is 0 Å². The Balaban J connectivity index is 2.20. The van der Waals surface area contributed by atoms with Crippen LogP contribution in [0.25, 0.3) is 0 Å². The maximum Gasteiger partial charge on any atom is 0.143 e. The largest absolute Gasteiger partial charge is 0.366 e. The second kappa shape index (κ2) is 11.8. The van der Waals surface area contributed by atoms with E-state index in [9.17, 15) is 4.79 Å². The fraction of sp³-hybridized carbons (Fsp3) is 0.500. The normalized spacial score (nSPS) is 16.2. The molecule has 158 valence electrons. The minimum Gasteiger partial charge on any atom is -0.366 e. The van der Waals surface area contributed by atoms with Gasteiger partial charge in [0.2, 0.25) is 0 Å². The number of likely N-dealkylation sites (N-methyl/N-ethyl adjacent to an activating group) is 1. The third kappa shape index (κ3) is 7.66. The molecule has 2 rings (SSSR count). The van der Waals surface area contributed by atoms with Crippen molar-refractivity contribution in [2.45, 2.75) is 27.2 Å². The highest BCUT2D eigenvalue weighted by atomic mass is 32.2. The van der Waals surface area contributed by atoms with E-state index in [-0.39, 0.29) is 0 Å². The van der Waals surface area contributed by atoms with Crippen molar-refractivity contribution >= 4 is 35.1 Å². The van der Waals surface area contributed by atoms with E-state index in [1.807, 2.05) is 18.8 Å². The summed E-state index contributed by atoms with van der Waals surface area (Å²) in [5, 5.41) is 9.83. The lowest BCUT2D eigenvalue weighted by Crippen LogP contribution is -2.42. The molecule has 0 saturated carbocycles. The molecule has 1 aliphatic heterocycles. The summed E-state index contributed by atoms with van der Waals surface area (Å²) in [6.07, 6.45) is 4.94. The maximum absolute atomic E-state index is 10.7. The van der Waals surface area contributed by atoms with Crippen LogP contribution >= 0.6 is 11.8 Å². The van der Waals surface area contributed by atoms with Crippen LogP contribution in [0.1, 0.15) is 23.6 Å². The molecule has 0 N–H and O–H groups in total. The van der Waals surface area contributed by atoms with Gasteiger partial charge in [0.25, 0.3) is 0 Å². The predicted molar refractivity (Wildman–Crippen MR) is 125 cm³/mol. The lowest BCUT2D eigenvalue weighted by atomic mass is 10.0. The molecule has 0 bridgehead atoms. The van der Waals surface area contributed by atoms with E-state index in [1.165, 1.54) is 29.0 Å². The van der Waals surface area contributed by atoms with Gasteiger partial charge in [0, 0.05) is 46.2 Å².